The zero-order valence-electron chi connectivity index (χ0n) is 13.8. The molecule has 122 valence electrons. The van der Waals surface area contributed by atoms with Crippen LogP contribution in [0.5, 0.6) is 11.5 Å². The maximum atomic E-state index is 12.2. The Kier molecular flexibility index (Phi) is 6.16. The molecule has 0 aromatic heterocycles. The fourth-order valence-corrected chi connectivity index (χ4v) is 2.10. The van der Waals surface area contributed by atoms with Gasteiger partial charge in [-0.25, -0.2) is 0 Å². The molecule has 2 aromatic rings. The highest BCUT2D eigenvalue weighted by Crippen LogP contribution is 2.28. The van der Waals surface area contributed by atoms with Crippen molar-refractivity contribution in [3.05, 3.63) is 65.2 Å². The van der Waals surface area contributed by atoms with Crippen molar-refractivity contribution in [1.29, 1.82) is 5.26 Å². The number of benzene rings is 2. The third kappa shape index (κ3) is 4.47. The number of hydrogen-bond donors (Lipinski definition) is 0. The predicted octanol–water partition coefficient (Wildman–Crippen LogP) is 4.25. The summed E-state index contributed by atoms with van der Waals surface area (Å²) < 4.78 is 10.9. The van der Waals surface area contributed by atoms with Crippen LogP contribution < -0.4 is 9.47 Å². The van der Waals surface area contributed by atoms with Crippen LogP contribution in [-0.4, -0.2) is 19.5 Å². The van der Waals surface area contributed by atoms with Gasteiger partial charge in [0.15, 0.2) is 17.3 Å². The Labute approximate surface area is 141 Å². The van der Waals surface area contributed by atoms with Crippen LogP contribution in [0.15, 0.2) is 48.5 Å². The van der Waals surface area contributed by atoms with Gasteiger partial charge in [0.1, 0.15) is 0 Å². The lowest BCUT2D eigenvalue weighted by Gasteiger charge is -2.10. The molecule has 0 fully saturated rings. The van der Waals surface area contributed by atoms with Crippen molar-refractivity contribution in [1.82, 2.24) is 0 Å². The third-order valence-electron chi connectivity index (χ3n) is 3.38. The number of nitriles is 1. The van der Waals surface area contributed by atoms with Crippen molar-refractivity contribution in [2.45, 2.75) is 13.3 Å². The smallest absolute Gasteiger partial charge is 0.185 e. The number of rotatable bonds is 7. The summed E-state index contributed by atoms with van der Waals surface area (Å²) >= 11 is 0. The first-order valence-corrected chi connectivity index (χ1v) is 7.71. The largest absolute Gasteiger partial charge is 0.493 e. The van der Waals surface area contributed by atoms with Crippen LogP contribution in [0.25, 0.3) is 6.08 Å². The number of carbonyl (C=O) groups is 1. The molecule has 0 N–H and O–H groups in total. The van der Waals surface area contributed by atoms with Crippen molar-refractivity contribution >= 4 is 11.9 Å². The topological polar surface area (TPSA) is 59.3 Å². The Bertz CT molecular complexity index is 770. The van der Waals surface area contributed by atoms with Gasteiger partial charge in [0.25, 0.3) is 0 Å². The average molecular weight is 321 g/mol. The maximum Gasteiger partial charge on any atom is 0.185 e. The molecule has 0 saturated heterocycles. The summed E-state index contributed by atoms with van der Waals surface area (Å²) in [5, 5.41) is 8.77. The van der Waals surface area contributed by atoms with Gasteiger partial charge in [0.2, 0.25) is 0 Å². The van der Waals surface area contributed by atoms with Crippen LogP contribution in [-0.2, 0) is 0 Å². The van der Waals surface area contributed by atoms with Crippen molar-refractivity contribution < 1.29 is 14.3 Å². The van der Waals surface area contributed by atoms with Gasteiger partial charge in [-0.15, -0.1) is 0 Å². The SMILES string of the molecule is CCCOc1ccc(/C=C/C(=O)c2ccc(C#N)cc2)cc1OC. The number of allylic oxidation sites excluding steroid dienone is 1. The number of ether oxygens (including phenoxy) is 2. The predicted molar refractivity (Wildman–Crippen MR) is 93.3 cm³/mol. The van der Waals surface area contributed by atoms with E-state index in [-0.39, 0.29) is 5.78 Å². The normalized spacial score (nSPS) is 10.4. The first-order valence-electron chi connectivity index (χ1n) is 7.71. The molecule has 0 heterocycles. The molecule has 0 amide bonds. The fraction of sp³-hybridized carbons (Fsp3) is 0.200. The summed E-state index contributed by atoms with van der Waals surface area (Å²) in [5.41, 5.74) is 1.92. The number of methoxy groups -OCH3 is 1. The van der Waals surface area contributed by atoms with E-state index >= 15 is 0 Å². The summed E-state index contributed by atoms with van der Waals surface area (Å²) in [4.78, 5) is 12.2. The molecule has 24 heavy (non-hydrogen) atoms. The summed E-state index contributed by atoms with van der Waals surface area (Å²) in [6.07, 6.45) is 4.15. The van der Waals surface area contributed by atoms with E-state index in [9.17, 15) is 4.79 Å². The van der Waals surface area contributed by atoms with Gasteiger partial charge in [-0.2, -0.15) is 5.26 Å². The third-order valence-corrected chi connectivity index (χ3v) is 3.38. The van der Waals surface area contributed by atoms with E-state index in [1.807, 2.05) is 31.2 Å². The minimum absolute atomic E-state index is 0.121. The van der Waals surface area contributed by atoms with E-state index in [1.54, 1.807) is 37.5 Å². The molecule has 0 bridgehead atoms. The highest BCUT2D eigenvalue weighted by Gasteiger charge is 2.05. The summed E-state index contributed by atoms with van der Waals surface area (Å²) in [5.74, 6) is 1.20. The van der Waals surface area contributed by atoms with E-state index < -0.39 is 0 Å². The Morgan fingerprint density at radius 1 is 1.17 bits per heavy atom. The molecule has 0 aliphatic heterocycles. The van der Waals surface area contributed by atoms with Crippen molar-refractivity contribution in [3.63, 3.8) is 0 Å². The van der Waals surface area contributed by atoms with Crippen LogP contribution in [0.1, 0.15) is 34.8 Å². The lowest BCUT2D eigenvalue weighted by atomic mass is 10.1. The molecule has 2 rings (SSSR count). The first kappa shape index (κ1) is 17.3. The van der Waals surface area contributed by atoms with Crippen LogP contribution in [0.3, 0.4) is 0 Å². The fourth-order valence-electron chi connectivity index (χ4n) is 2.10. The minimum Gasteiger partial charge on any atom is -0.493 e. The number of carbonyl (C=O) groups excluding carboxylic acids is 1. The zero-order valence-corrected chi connectivity index (χ0v) is 13.8. The second kappa shape index (κ2) is 8.54. The second-order valence-corrected chi connectivity index (χ2v) is 5.15. The van der Waals surface area contributed by atoms with Crippen LogP contribution >= 0.6 is 0 Å². The number of nitrogens with zero attached hydrogens (tertiary/aromatic N) is 1. The molecular formula is C20H19NO3. The molecular weight excluding hydrogens is 302 g/mol. The Morgan fingerprint density at radius 3 is 2.54 bits per heavy atom. The lowest BCUT2D eigenvalue weighted by Crippen LogP contribution is -1.98. The van der Waals surface area contributed by atoms with E-state index in [4.69, 9.17) is 14.7 Å². The van der Waals surface area contributed by atoms with E-state index in [1.165, 1.54) is 6.08 Å². The van der Waals surface area contributed by atoms with E-state index in [2.05, 4.69) is 0 Å². The zero-order chi connectivity index (χ0) is 17.4. The number of hydrogen-bond acceptors (Lipinski definition) is 4. The molecule has 0 saturated carbocycles. The van der Waals surface area contributed by atoms with Gasteiger partial charge in [-0.3, -0.25) is 4.79 Å². The van der Waals surface area contributed by atoms with Crippen LogP contribution in [0.2, 0.25) is 0 Å². The Balaban J connectivity index is 2.12. The maximum absolute atomic E-state index is 12.2. The molecule has 0 atom stereocenters. The van der Waals surface area contributed by atoms with Crippen molar-refractivity contribution in [2.75, 3.05) is 13.7 Å². The van der Waals surface area contributed by atoms with Crippen LogP contribution in [0.4, 0.5) is 0 Å². The van der Waals surface area contributed by atoms with Gasteiger partial charge >= 0.3 is 0 Å². The van der Waals surface area contributed by atoms with Gasteiger partial charge in [0.05, 0.1) is 25.3 Å². The molecule has 2 aromatic carbocycles. The molecule has 0 unspecified atom stereocenters. The van der Waals surface area contributed by atoms with Gasteiger partial charge in [-0.1, -0.05) is 19.1 Å². The van der Waals surface area contributed by atoms with Gasteiger partial charge in [-0.05, 0) is 54.5 Å². The quantitative estimate of drug-likeness (QED) is 0.565. The molecule has 0 aliphatic carbocycles. The molecule has 0 spiro atoms. The molecule has 4 heteroatoms. The Hall–Kier alpha value is -3.06. The van der Waals surface area contributed by atoms with Crippen molar-refractivity contribution in [3.8, 4) is 17.6 Å². The lowest BCUT2D eigenvalue weighted by molar-refractivity contribution is 0.104. The number of ketones is 1. The first-order chi connectivity index (χ1) is 11.7. The summed E-state index contributed by atoms with van der Waals surface area (Å²) in [7, 11) is 1.59. The molecule has 4 nitrogen and oxygen atoms in total. The average Bonchev–Trinajstić information content (AvgIpc) is 2.64. The summed E-state index contributed by atoms with van der Waals surface area (Å²) in [6, 6.07) is 14.1. The van der Waals surface area contributed by atoms with E-state index in [0.717, 1.165) is 12.0 Å². The van der Waals surface area contributed by atoms with E-state index in [0.29, 0.717) is 29.2 Å². The highest BCUT2D eigenvalue weighted by molar-refractivity contribution is 6.06. The van der Waals surface area contributed by atoms with Gasteiger partial charge < -0.3 is 9.47 Å². The second-order valence-electron chi connectivity index (χ2n) is 5.15. The minimum atomic E-state index is -0.121. The van der Waals surface area contributed by atoms with Crippen molar-refractivity contribution in [2.24, 2.45) is 0 Å². The highest BCUT2D eigenvalue weighted by atomic mass is 16.5. The monoisotopic (exact) mass is 321 g/mol. The van der Waals surface area contributed by atoms with Gasteiger partial charge in [0, 0.05) is 5.56 Å². The molecule has 0 aliphatic rings. The summed E-state index contributed by atoms with van der Waals surface area (Å²) in [6.45, 7) is 2.67. The Morgan fingerprint density at radius 2 is 1.92 bits per heavy atom. The van der Waals surface area contributed by atoms with Crippen LogP contribution in [0, 0.1) is 11.3 Å². The standard InChI is InChI=1S/C20H19NO3/c1-3-12-24-19-11-7-15(13-20(19)23-2)6-10-18(22)17-8-4-16(14-21)5-9-17/h4-11,13H,3,12H2,1-2H3/b10-6+. The molecule has 0 radical (unpaired) electrons.